The Kier molecular flexibility index (Phi) is 4.21. The van der Waals surface area contributed by atoms with Gasteiger partial charge < -0.3 is 19.3 Å². The third kappa shape index (κ3) is 2.42. The quantitative estimate of drug-likeness (QED) is 0.660. The number of ether oxygens (including phenoxy) is 2. The monoisotopic (exact) mass is 436 g/mol. The molecule has 1 aromatic rings. The van der Waals surface area contributed by atoms with Crippen LogP contribution in [0.25, 0.3) is 0 Å². The molecule has 0 bridgehead atoms. The van der Waals surface area contributed by atoms with Crippen molar-refractivity contribution in [1.29, 1.82) is 0 Å². The average molecular weight is 437 g/mol. The molecule has 3 heterocycles. The van der Waals surface area contributed by atoms with E-state index in [9.17, 15) is 14.4 Å². The topological polar surface area (TPSA) is 76.2 Å². The standard InChI is InChI=1S/C19H21BrN2O5/c1-4-26-17(24)15-12-9-27-13-6-5-10(20)7-11(13)16(12)22-14(23)8-21(3)18(25)19(15,22)2/h5-7,12,15-16H,4,8-9H2,1-3H3/t12-,15-,16+,19-/m1/s1. The van der Waals surface area contributed by atoms with Crippen LogP contribution in [0.5, 0.6) is 5.75 Å². The van der Waals surface area contributed by atoms with E-state index in [1.54, 1.807) is 25.8 Å². The summed E-state index contributed by atoms with van der Waals surface area (Å²) in [6.07, 6.45) is 0. The number of esters is 1. The van der Waals surface area contributed by atoms with Gasteiger partial charge in [-0.1, -0.05) is 15.9 Å². The zero-order chi connectivity index (χ0) is 19.5. The van der Waals surface area contributed by atoms with Gasteiger partial charge in [-0.05, 0) is 32.0 Å². The van der Waals surface area contributed by atoms with Crippen molar-refractivity contribution in [3.8, 4) is 5.75 Å². The van der Waals surface area contributed by atoms with Gasteiger partial charge in [-0.25, -0.2) is 0 Å². The summed E-state index contributed by atoms with van der Waals surface area (Å²) >= 11 is 3.47. The van der Waals surface area contributed by atoms with Gasteiger partial charge in [0.15, 0.2) is 0 Å². The zero-order valence-corrected chi connectivity index (χ0v) is 17.0. The van der Waals surface area contributed by atoms with E-state index in [0.29, 0.717) is 5.75 Å². The molecule has 7 nitrogen and oxygen atoms in total. The van der Waals surface area contributed by atoms with E-state index in [-0.39, 0.29) is 37.5 Å². The van der Waals surface area contributed by atoms with Crippen molar-refractivity contribution in [2.75, 3.05) is 26.8 Å². The number of hydrogen-bond donors (Lipinski definition) is 0. The Balaban J connectivity index is 1.91. The fourth-order valence-corrected chi connectivity index (χ4v) is 5.26. The number of carbonyl (C=O) groups is 3. The molecule has 0 radical (unpaired) electrons. The van der Waals surface area contributed by atoms with Crippen molar-refractivity contribution in [3.63, 3.8) is 0 Å². The molecule has 27 heavy (non-hydrogen) atoms. The Morgan fingerprint density at radius 2 is 2.15 bits per heavy atom. The van der Waals surface area contributed by atoms with Gasteiger partial charge in [0.25, 0.3) is 0 Å². The van der Waals surface area contributed by atoms with E-state index in [0.717, 1.165) is 10.0 Å². The lowest BCUT2D eigenvalue weighted by molar-refractivity contribution is -0.169. The van der Waals surface area contributed by atoms with Gasteiger partial charge >= 0.3 is 5.97 Å². The van der Waals surface area contributed by atoms with Crippen molar-refractivity contribution in [3.05, 3.63) is 28.2 Å². The van der Waals surface area contributed by atoms with Crippen LogP contribution in [0, 0.1) is 11.8 Å². The smallest absolute Gasteiger partial charge is 0.312 e. The van der Waals surface area contributed by atoms with E-state index in [1.807, 2.05) is 18.2 Å². The van der Waals surface area contributed by atoms with E-state index >= 15 is 0 Å². The van der Waals surface area contributed by atoms with Gasteiger partial charge in [-0.3, -0.25) is 14.4 Å². The highest BCUT2D eigenvalue weighted by Crippen LogP contribution is 2.56. The molecule has 0 saturated carbocycles. The Morgan fingerprint density at radius 3 is 2.85 bits per heavy atom. The summed E-state index contributed by atoms with van der Waals surface area (Å²) in [4.78, 5) is 42.1. The summed E-state index contributed by atoms with van der Waals surface area (Å²) in [5, 5.41) is 0. The molecular weight excluding hydrogens is 416 g/mol. The predicted octanol–water partition coefficient (Wildman–Crippen LogP) is 1.75. The number of halogens is 1. The van der Waals surface area contributed by atoms with Gasteiger partial charge in [0.05, 0.1) is 31.7 Å². The van der Waals surface area contributed by atoms with Crippen molar-refractivity contribution in [2.45, 2.75) is 25.4 Å². The third-order valence-electron chi connectivity index (χ3n) is 5.90. The number of rotatable bonds is 2. The van der Waals surface area contributed by atoms with Crippen LogP contribution in [0.1, 0.15) is 25.5 Å². The molecule has 3 aliphatic heterocycles. The van der Waals surface area contributed by atoms with Crippen LogP contribution in [-0.4, -0.2) is 59.9 Å². The number of fused-ring (bicyclic) bond motifs is 5. The summed E-state index contributed by atoms with van der Waals surface area (Å²) in [6.45, 7) is 3.87. The Morgan fingerprint density at radius 1 is 1.41 bits per heavy atom. The SMILES string of the molecule is CCOC(=O)[C@H]1[C@H]2COc3ccc(Br)cc3[C@@H]2N2C(=O)CN(C)C(=O)[C@@]12C. The molecule has 0 N–H and O–H groups in total. The van der Waals surface area contributed by atoms with Crippen molar-refractivity contribution >= 4 is 33.7 Å². The molecule has 3 aliphatic rings. The fourth-order valence-electron chi connectivity index (χ4n) is 4.88. The maximum Gasteiger partial charge on any atom is 0.312 e. The van der Waals surface area contributed by atoms with E-state index < -0.39 is 23.5 Å². The summed E-state index contributed by atoms with van der Waals surface area (Å²) in [6, 6.07) is 5.20. The maximum atomic E-state index is 13.2. The number of piperazine rings is 1. The summed E-state index contributed by atoms with van der Waals surface area (Å²) in [5.41, 5.74) is -0.483. The second-order valence-corrected chi connectivity index (χ2v) is 8.32. The molecule has 0 unspecified atom stereocenters. The van der Waals surface area contributed by atoms with Crippen molar-refractivity contribution in [2.24, 2.45) is 11.8 Å². The van der Waals surface area contributed by atoms with Crippen molar-refractivity contribution < 1.29 is 23.9 Å². The predicted molar refractivity (Wildman–Crippen MR) is 98.9 cm³/mol. The maximum absolute atomic E-state index is 13.2. The molecule has 2 saturated heterocycles. The lowest BCUT2D eigenvalue weighted by atomic mass is 9.77. The minimum Gasteiger partial charge on any atom is -0.493 e. The molecule has 144 valence electrons. The second kappa shape index (κ2) is 6.22. The molecular formula is C19H21BrN2O5. The molecule has 0 aromatic heterocycles. The minimum atomic E-state index is -1.29. The lowest BCUT2D eigenvalue weighted by Gasteiger charge is -2.45. The van der Waals surface area contributed by atoms with Crippen LogP contribution in [-0.2, 0) is 19.1 Å². The number of likely N-dealkylation sites (N-methyl/N-ethyl adjacent to an activating group) is 1. The first-order valence-electron chi connectivity index (χ1n) is 8.97. The molecule has 2 fully saturated rings. The molecule has 0 aliphatic carbocycles. The number of carbonyl (C=O) groups excluding carboxylic acids is 3. The van der Waals surface area contributed by atoms with Gasteiger partial charge in [-0.2, -0.15) is 0 Å². The van der Waals surface area contributed by atoms with Crippen LogP contribution in [0.15, 0.2) is 22.7 Å². The molecule has 1 aromatic carbocycles. The Labute approximate surface area is 165 Å². The van der Waals surface area contributed by atoms with Gasteiger partial charge in [0.2, 0.25) is 11.8 Å². The highest BCUT2D eigenvalue weighted by molar-refractivity contribution is 9.10. The first kappa shape index (κ1) is 18.3. The zero-order valence-electron chi connectivity index (χ0n) is 15.4. The highest BCUT2D eigenvalue weighted by atomic mass is 79.9. The van der Waals surface area contributed by atoms with Gasteiger partial charge in [-0.15, -0.1) is 0 Å². The summed E-state index contributed by atoms with van der Waals surface area (Å²) < 4.78 is 12.1. The number of amides is 2. The number of benzene rings is 1. The van der Waals surface area contributed by atoms with E-state index in [4.69, 9.17) is 9.47 Å². The molecule has 4 rings (SSSR count). The molecule has 4 atom stereocenters. The van der Waals surface area contributed by atoms with Crippen LogP contribution < -0.4 is 4.74 Å². The van der Waals surface area contributed by atoms with Crippen molar-refractivity contribution in [1.82, 2.24) is 9.80 Å². The van der Waals surface area contributed by atoms with E-state index in [2.05, 4.69) is 15.9 Å². The second-order valence-electron chi connectivity index (χ2n) is 7.40. The van der Waals surface area contributed by atoms with Crippen LogP contribution in [0.2, 0.25) is 0 Å². The largest absolute Gasteiger partial charge is 0.493 e. The van der Waals surface area contributed by atoms with Gasteiger partial charge in [0, 0.05) is 23.0 Å². The highest BCUT2D eigenvalue weighted by Gasteiger charge is 2.68. The van der Waals surface area contributed by atoms with Gasteiger partial charge in [0.1, 0.15) is 11.3 Å². The molecule has 0 spiro atoms. The summed E-state index contributed by atoms with van der Waals surface area (Å²) in [7, 11) is 1.59. The number of hydrogen-bond acceptors (Lipinski definition) is 5. The van der Waals surface area contributed by atoms with Crippen LogP contribution in [0.4, 0.5) is 0 Å². The third-order valence-corrected chi connectivity index (χ3v) is 6.39. The average Bonchev–Trinajstić information content (AvgIpc) is 2.90. The van der Waals surface area contributed by atoms with Crippen LogP contribution >= 0.6 is 15.9 Å². The molecule has 8 heteroatoms. The Hall–Kier alpha value is -2.09. The minimum absolute atomic E-state index is 0.00260. The Bertz CT molecular complexity index is 843. The first-order valence-corrected chi connectivity index (χ1v) is 9.76. The lowest BCUT2D eigenvalue weighted by Crippen LogP contribution is -2.66. The normalized spacial score (nSPS) is 31.8. The summed E-state index contributed by atoms with van der Waals surface area (Å²) in [5.74, 6) is -1.34. The van der Waals surface area contributed by atoms with Crippen LogP contribution in [0.3, 0.4) is 0 Å². The first-order chi connectivity index (χ1) is 12.8. The van der Waals surface area contributed by atoms with E-state index in [1.165, 1.54) is 4.90 Å². The number of nitrogens with zero attached hydrogens (tertiary/aromatic N) is 2. The fraction of sp³-hybridized carbons (Fsp3) is 0.526. The molecule has 2 amide bonds.